The van der Waals surface area contributed by atoms with E-state index in [0.29, 0.717) is 13.0 Å². The van der Waals surface area contributed by atoms with Crippen LogP contribution in [0.25, 0.3) is 0 Å². The van der Waals surface area contributed by atoms with Crippen LogP contribution >= 0.6 is 0 Å². The maximum Gasteiger partial charge on any atom is 0.326 e. The highest BCUT2D eigenvalue weighted by atomic mass is 16.5. The summed E-state index contributed by atoms with van der Waals surface area (Å²) in [6, 6.07) is -1.28. The number of nitrogens with one attached hydrogen (secondary N) is 2. The van der Waals surface area contributed by atoms with Crippen LogP contribution in [0.5, 0.6) is 0 Å². The predicted octanol–water partition coefficient (Wildman–Crippen LogP) is 1.35. The van der Waals surface area contributed by atoms with Crippen molar-refractivity contribution in [2.24, 2.45) is 5.92 Å². The van der Waals surface area contributed by atoms with Crippen molar-refractivity contribution in [2.75, 3.05) is 13.2 Å². The molecule has 0 aliphatic carbocycles. The number of carbonyl (C=O) groups excluding carboxylic acids is 1. The van der Waals surface area contributed by atoms with Gasteiger partial charge in [-0.1, -0.05) is 13.8 Å². The molecule has 19 heavy (non-hydrogen) atoms. The molecule has 1 fully saturated rings. The van der Waals surface area contributed by atoms with Crippen LogP contribution in [0.15, 0.2) is 0 Å². The number of rotatable bonds is 6. The molecule has 2 amide bonds. The molecule has 0 spiro atoms. The summed E-state index contributed by atoms with van der Waals surface area (Å²) in [6.07, 6.45) is 3.59. The molecule has 6 nitrogen and oxygen atoms in total. The van der Waals surface area contributed by atoms with Crippen molar-refractivity contribution in [1.82, 2.24) is 10.6 Å². The van der Waals surface area contributed by atoms with Crippen LogP contribution in [-0.4, -0.2) is 42.4 Å². The lowest BCUT2D eigenvalue weighted by Gasteiger charge is -2.23. The summed E-state index contributed by atoms with van der Waals surface area (Å²) in [5.41, 5.74) is 0. The van der Waals surface area contributed by atoms with Crippen LogP contribution in [0.1, 0.15) is 39.5 Å². The first-order valence-corrected chi connectivity index (χ1v) is 6.87. The molecule has 1 heterocycles. The van der Waals surface area contributed by atoms with Crippen molar-refractivity contribution in [2.45, 2.75) is 51.7 Å². The van der Waals surface area contributed by atoms with E-state index in [1.54, 1.807) is 0 Å². The molecule has 0 bridgehead atoms. The second-order valence-electron chi connectivity index (χ2n) is 5.36. The van der Waals surface area contributed by atoms with Crippen molar-refractivity contribution in [1.29, 1.82) is 0 Å². The minimum atomic E-state index is -1.00. The Morgan fingerprint density at radius 3 is 2.63 bits per heavy atom. The van der Waals surface area contributed by atoms with E-state index in [1.165, 1.54) is 0 Å². The summed E-state index contributed by atoms with van der Waals surface area (Å²) in [6.45, 7) is 5.01. The minimum Gasteiger partial charge on any atom is -0.480 e. The van der Waals surface area contributed by atoms with Crippen molar-refractivity contribution in [3.05, 3.63) is 0 Å². The summed E-state index contributed by atoms with van der Waals surface area (Å²) in [5.74, 6) is -0.791. The van der Waals surface area contributed by atoms with E-state index in [1.807, 2.05) is 13.8 Å². The molecule has 0 aromatic rings. The third-order valence-electron chi connectivity index (χ3n) is 3.07. The van der Waals surface area contributed by atoms with E-state index in [-0.39, 0.29) is 12.0 Å². The summed E-state index contributed by atoms with van der Waals surface area (Å²) in [4.78, 5) is 22.7. The molecule has 6 heteroatoms. The Labute approximate surface area is 113 Å². The highest BCUT2D eigenvalue weighted by molar-refractivity contribution is 5.82. The number of ether oxygens (including phenoxy) is 1. The third kappa shape index (κ3) is 6.42. The highest BCUT2D eigenvalue weighted by Crippen LogP contribution is 2.11. The maximum atomic E-state index is 11.6. The van der Waals surface area contributed by atoms with Gasteiger partial charge in [0.2, 0.25) is 0 Å². The fourth-order valence-electron chi connectivity index (χ4n) is 2.08. The Kier molecular flexibility index (Phi) is 6.62. The van der Waals surface area contributed by atoms with Crippen molar-refractivity contribution in [3.63, 3.8) is 0 Å². The molecule has 0 saturated carbocycles. The standard InChI is InChI=1S/C13H24N2O4/c1-9(2)7-11(12(16)17)15-13(18)14-8-10-5-3-4-6-19-10/h9-11H,3-8H2,1-2H3,(H,16,17)(H2,14,15,18)/t10?,11-/m1/s1. The van der Waals surface area contributed by atoms with Crippen LogP contribution in [0.4, 0.5) is 4.79 Å². The molecule has 1 rings (SSSR count). The number of carboxylic acids is 1. The normalized spacial score (nSPS) is 20.9. The Hall–Kier alpha value is -1.30. The Balaban J connectivity index is 2.29. The molecule has 0 aromatic carbocycles. The van der Waals surface area contributed by atoms with E-state index < -0.39 is 18.0 Å². The SMILES string of the molecule is CC(C)C[C@@H](NC(=O)NCC1CCCCO1)C(=O)O. The zero-order valence-electron chi connectivity index (χ0n) is 11.6. The number of hydrogen-bond donors (Lipinski definition) is 3. The lowest BCUT2D eigenvalue weighted by Crippen LogP contribution is -2.48. The van der Waals surface area contributed by atoms with Crippen molar-refractivity contribution in [3.8, 4) is 0 Å². The first-order valence-electron chi connectivity index (χ1n) is 6.87. The smallest absolute Gasteiger partial charge is 0.326 e. The van der Waals surface area contributed by atoms with Crippen LogP contribution in [0.2, 0.25) is 0 Å². The number of carboxylic acid groups (broad SMARTS) is 1. The summed E-state index contributed by atoms with van der Waals surface area (Å²) >= 11 is 0. The number of carbonyl (C=O) groups is 2. The second kappa shape index (κ2) is 7.99. The average Bonchev–Trinajstić information content (AvgIpc) is 2.36. The first kappa shape index (κ1) is 15.8. The quantitative estimate of drug-likeness (QED) is 0.681. The molecule has 1 aliphatic rings. The molecule has 2 atom stereocenters. The molecule has 1 aliphatic heterocycles. The monoisotopic (exact) mass is 272 g/mol. The van der Waals surface area contributed by atoms with Crippen LogP contribution < -0.4 is 10.6 Å². The number of amides is 2. The summed E-state index contributed by atoms with van der Waals surface area (Å²) in [7, 11) is 0. The zero-order chi connectivity index (χ0) is 14.3. The van der Waals surface area contributed by atoms with Crippen LogP contribution in [0, 0.1) is 5.92 Å². The lowest BCUT2D eigenvalue weighted by molar-refractivity contribution is -0.139. The van der Waals surface area contributed by atoms with Gasteiger partial charge in [0, 0.05) is 13.2 Å². The van der Waals surface area contributed by atoms with Gasteiger partial charge in [0.15, 0.2) is 0 Å². The van der Waals surface area contributed by atoms with Crippen LogP contribution in [-0.2, 0) is 9.53 Å². The van der Waals surface area contributed by atoms with Gasteiger partial charge < -0.3 is 20.5 Å². The molecule has 110 valence electrons. The summed E-state index contributed by atoms with van der Waals surface area (Å²) in [5, 5.41) is 14.2. The van der Waals surface area contributed by atoms with Gasteiger partial charge in [-0.15, -0.1) is 0 Å². The van der Waals surface area contributed by atoms with Gasteiger partial charge in [0.25, 0.3) is 0 Å². The second-order valence-corrected chi connectivity index (χ2v) is 5.36. The number of aliphatic carboxylic acids is 1. The molecular weight excluding hydrogens is 248 g/mol. The van der Waals surface area contributed by atoms with E-state index in [2.05, 4.69) is 10.6 Å². The third-order valence-corrected chi connectivity index (χ3v) is 3.07. The fourth-order valence-corrected chi connectivity index (χ4v) is 2.08. The molecule has 1 unspecified atom stereocenters. The Bertz CT molecular complexity index is 301. The van der Waals surface area contributed by atoms with E-state index in [0.717, 1.165) is 25.9 Å². The summed E-state index contributed by atoms with van der Waals surface area (Å²) < 4.78 is 5.49. The Morgan fingerprint density at radius 2 is 2.11 bits per heavy atom. The van der Waals surface area contributed by atoms with Gasteiger partial charge in [-0.3, -0.25) is 0 Å². The molecule has 3 N–H and O–H groups in total. The average molecular weight is 272 g/mol. The number of hydrogen-bond acceptors (Lipinski definition) is 3. The van der Waals surface area contributed by atoms with Crippen LogP contribution in [0.3, 0.4) is 0 Å². The molecule has 0 aromatic heterocycles. The first-order chi connectivity index (χ1) is 8.99. The van der Waals surface area contributed by atoms with E-state index >= 15 is 0 Å². The van der Waals surface area contributed by atoms with Gasteiger partial charge in [-0.05, 0) is 31.6 Å². The fraction of sp³-hybridized carbons (Fsp3) is 0.846. The van der Waals surface area contributed by atoms with Gasteiger partial charge in [0.05, 0.1) is 6.10 Å². The lowest BCUT2D eigenvalue weighted by atomic mass is 10.0. The topological polar surface area (TPSA) is 87.7 Å². The van der Waals surface area contributed by atoms with Crippen molar-refractivity contribution >= 4 is 12.0 Å². The van der Waals surface area contributed by atoms with Gasteiger partial charge in [-0.2, -0.15) is 0 Å². The minimum absolute atomic E-state index is 0.0490. The highest BCUT2D eigenvalue weighted by Gasteiger charge is 2.21. The van der Waals surface area contributed by atoms with Crippen molar-refractivity contribution < 1.29 is 19.4 Å². The zero-order valence-corrected chi connectivity index (χ0v) is 11.6. The predicted molar refractivity (Wildman–Crippen MR) is 71.0 cm³/mol. The van der Waals surface area contributed by atoms with E-state index in [4.69, 9.17) is 9.84 Å². The van der Waals surface area contributed by atoms with Gasteiger partial charge in [0.1, 0.15) is 6.04 Å². The molecule has 0 radical (unpaired) electrons. The van der Waals surface area contributed by atoms with Gasteiger partial charge >= 0.3 is 12.0 Å². The number of urea groups is 1. The van der Waals surface area contributed by atoms with Gasteiger partial charge in [-0.25, -0.2) is 9.59 Å². The molecule has 1 saturated heterocycles. The van der Waals surface area contributed by atoms with E-state index in [9.17, 15) is 9.59 Å². The molecular formula is C13H24N2O4. The maximum absolute atomic E-state index is 11.6. The Morgan fingerprint density at radius 1 is 1.37 bits per heavy atom. The largest absolute Gasteiger partial charge is 0.480 e.